The van der Waals surface area contributed by atoms with Gasteiger partial charge in [0.05, 0.1) is 0 Å². The number of ether oxygens (including phenoxy) is 1. The highest BCUT2D eigenvalue weighted by atomic mass is 79.9. The van der Waals surface area contributed by atoms with E-state index in [4.69, 9.17) is 4.74 Å². The Labute approximate surface area is 100 Å². The van der Waals surface area contributed by atoms with Gasteiger partial charge in [-0.15, -0.1) is 0 Å². The molecule has 2 atom stereocenters. The van der Waals surface area contributed by atoms with Crippen LogP contribution in [-0.4, -0.2) is 22.6 Å². The molecule has 88 valence electrons. The minimum Gasteiger partial charge on any atom is -0.444 e. The molecular weight excluding hydrogens is 258 g/mol. The lowest BCUT2D eigenvalue weighted by Gasteiger charge is -2.29. The fraction of sp³-hybridized carbons (Fsp3) is 0.909. The van der Waals surface area contributed by atoms with E-state index in [0.717, 1.165) is 12.8 Å². The zero-order valence-corrected chi connectivity index (χ0v) is 11.3. The van der Waals surface area contributed by atoms with Gasteiger partial charge >= 0.3 is 6.09 Å². The second kappa shape index (κ2) is 5.19. The summed E-state index contributed by atoms with van der Waals surface area (Å²) in [5, 5.41) is 2.92. The number of rotatable bonds is 1. The van der Waals surface area contributed by atoms with E-state index in [-0.39, 0.29) is 12.1 Å². The molecule has 0 aliphatic heterocycles. The molecule has 0 aromatic carbocycles. The molecule has 0 unspecified atom stereocenters. The van der Waals surface area contributed by atoms with Crippen molar-refractivity contribution in [1.82, 2.24) is 5.32 Å². The molecule has 1 aliphatic rings. The number of amides is 1. The van der Waals surface area contributed by atoms with Crippen molar-refractivity contribution in [3.05, 3.63) is 0 Å². The summed E-state index contributed by atoms with van der Waals surface area (Å²) in [6.07, 6.45) is 4.28. The van der Waals surface area contributed by atoms with E-state index in [2.05, 4.69) is 21.2 Å². The van der Waals surface area contributed by atoms with Crippen LogP contribution < -0.4 is 5.32 Å². The van der Waals surface area contributed by atoms with Crippen LogP contribution in [0, 0.1) is 0 Å². The fourth-order valence-corrected chi connectivity index (χ4v) is 2.43. The lowest BCUT2D eigenvalue weighted by atomic mass is 9.95. The quantitative estimate of drug-likeness (QED) is 0.748. The molecule has 1 rings (SSSR count). The first kappa shape index (κ1) is 12.8. The second-order valence-corrected chi connectivity index (χ2v) is 6.23. The normalized spacial score (nSPS) is 27.2. The molecule has 15 heavy (non-hydrogen) atoms. The van der Waals surface area contributed by atoms with Crippen LogP contribution in [0.3, 0.4) is 0 Å². The summed E-state index contributed by atoms with van der Waals surface area (Å²) in [6, 6.07) is 0.216. The van der Waals surface area contributed by atoms with Crippen molar-refractivity contribution < 1.29 is 9.53 Å². The Morgan fingerprint density at radius 1 is 1.33 bits per heavy atom. The van der Waals surface area contributed by atoms with E-state index < -0.39 is 5.60 Å². The summed E-state index contributed by atoms with van der Waals surface area (Å²) < 4.78 is 5.22. The van der Waals surface area contributed by atoms with Crippen LogP contribution >= 0.6 is 15.9 Å². The van der Waals surface area contributed by atoms with Crippen LogP contribution in [0.15, 0.2) is 0 Å². The highest BCUT2D eigenvalue weighted by Crippen LogP contribution is 2.24. The molecule has 1 aliphatic carbocycles. The molecule has 0 aromatic rings. The molecular formula is C11H20BrNO2. The maximum atomic E-state index is 11.5. The average Bonchev–Trinajstić information content (AvgIpc) is 2.05. The van der Waals surface area contributed by atoms with Crippen molar-refractivity contribution in [3.8, 4) is 0 Å². The van der Waals surface area contributed by atoms with Gasteiger partial charge in [-0.1, -0.05) is 28.8 Å². The summed E-state index contributed by atoms with van der Waals surface area (Å²) >= 11 is 3.59. The van der Waals surface area contributed by atoms with Gasteiger partial charge in [-0.05, 0) is 33.6 Å². The SMILES string of the molecule is CC(C)(C)OC(=O)N[C@@H]1CCCC[C@H]1Br. The number of nitrogens with one attached hydrogen (secondary N) is 1. The minimum atomic E-state index is -0.416. The van der Waals surface area contributed by atoms with Crippen LogP contribution in [0.2, 0.25) is 0 Å². The molecule has 0 heterocycles. The smallest absolute Gasteiger partial charge is 0.407 e. The molecule has 1 fully saturated rings. The molecule has 0 saturated heterocycles. The molecule has 0 radical (unpaired) electrons. The fourth-order valence-electron chi connectivity index (χ4n) is 1.71. The van der Waals surface area contributed by atoms with Gasteiger partial charge < -0.3 is 10.1 Å². The Balaban J connectivity index is 2.36. The Kier molecular flexibility index (Phi) is 4.44. The molecule has 1 N–H and O–H groups in total. The van der Waals surface area contributed by atoms with E-state index in [1.165, 1.54) is 12.8 Å². The van der Waals surface area contributed by atoms with Gasteiger partial charge in [-0.3, -0.25) is 0 Å². The molecule has 0 spiro atoms. The first-order valence-corrected chi connectivity index (χ1v) is 6.43. The van der Waals surface area contributed by atoms with Crippen LogP contribution in [-0.2, 0) is 4.74 Å². The maximum Gasteiger partial charge on any atom is 0.407 e. The van der Waals surface area contributed by atoms with E-state index in [0.29, 0.717) is 4.83 Å². The number of alkyl carbamates (subject to hydrolysis) is 1. The summed E-state index contributed by atoms with van der Waals surface area (Å²) in [4.78, 5) is 11.9. The topological polar surface area (TPSA) is 38.3 Å². The van der Waals surface area contributed by atoms with Gasteiger partial charge in [0.15, 0.2) is 0 Å². The minimum absolute atomic E-state index is 0.216. The van der Waals surface area contributed by atoms with Gasteiger partial charge in [-0.2, -0.15) is 0 Å². The van der Waals surface area contributed by atoms with Crippen LogP contribution in [0.4, 0.5) is 4.79 Å². The summed E-state index contributed by atoms with van der Waals surface area (Å²) in [5.74, 6) is 0. The number of hydrogen-bond acceptors (Lipinski definition) is 2. The van der Waals surface area contributed by atoms with Crippen molar-refractivity contribution in [2.45, 2.75) is 62.9 Å². The lowest BCUT2D eigenvalue weighted by molar-refractivity contribution is 0.0496. The highest BCUT2D eigenvalue weighted by Gasteiger charge is 2.26. The molecule has 0 aromatic heterocycles. The van der Waals surface area contributed by atoms with Crippen LogP contribution in [0.1, 0.15) is 46.5 Å². The van der Waals surface area contributed by atoms with Crippen molar-refractivity contribution in [3.63, 3.8) is 0 Å². The Bertz CT molecular complexity index is 225. The average molecular weight is 278 g/mol. The number of carbonyl (C=O) groups excluding carboxylic acids is 1. The second-order valence-electron chi connectivity index (χ2n) is 5.05. The zero-order chi connectivity index (χ0) is 11.5. The largest absolute Gasteiger partial charge is 0.444 e. The third kappa shape index (κ3) is 4.87. The van der Waals surface area contributed by atoms with Crippen LogP contribution in [0.5, 0.6) is 0 Å². The summed E-state index contributed by atoms with van der Waals surface area (Å²) in [6.45, 7) is 5.62. The van der Waals surface area contributed by atoms with Gasteiger partial charge in [0.1, 0.15) is 5.60 Å². The summed E-state index contributed by atoms with van der Waals surface area (Å²) in [5.41, 5.74) is -0.416. The van der Waals surface area contributed by atoms with E-state index in [1.807, 2.05) is 20.8 Å². The number of carbonyl (C=O) groups is 1. The van der Waals surface area contributed by atoms with Crippen molar-refractivity contribution in [1.29, 1.82) is 0 Å². The molecule has 4 heteroatoms. The van der Waals surface area contributed by atoms with Crippen molar-refractivity contribution in [2.24, 2.45) is 0 Å². The van der Waals surface area contributed by atoms with Gasteiger partial charge in [0.25, 0.3) is 0 Å². The number of hydrogen-bond donors (Lipinski definition) is 1. The maximum absolute atomic E-state index is 11.5. The van der Waals surface area contributed by atoms with Gasteiger partial charge in [-0.25, -0.2) is 4.79 Å². The van der Waals surface area contributed by atoms with Crippen molar-refractivity contribution >= 4 is 22.0 Å². The number of halogens is 1. The monoisotopic (exact) mass is 277 g/mol. The Morgan fingerprint density at radius 2 is 1.93 bits per heavy atom. The number of alkyl halides is 1. The Hall–Kier alpha value is -0.250. The van der Waals surface area contributed by atoms with Crippen LogP contribution in [0.25, 0.3) is 0 Å². The van der Waals surface area contributed by atoms with Crippen molar-refractivity contribution in [2.75, 3.05) is 0 Å². The molecule has 1 saturated carbocycles. The standard InChI is InChI=1S/C11H20BrNO2/c1-11(2,3)15-10(14)13-9-7-5-4-6-8(9)12/h8-9H,4-7H2,1-3H3,(H,13,14)/t8-,9-/m1/s1. The summed E-state index contributed by atoms with van der Waals surface area (Å²) in [7, 11) is 0. The molecule has 3 nitrogen and oxygen atoms in total. The first-order valence-electron chi connectivity index (χ1n) is 5.52. The zero-order valence-electron chi connectivity index (χ0n) is 9.68. The molecule has 0 bridgehead atoms. The highest BCUT2D eigenvalue weighted by molar-refractivity contribution is 9.09. The van der Waals surface area contributed by atoms with Gasteiger partial charge in [0.2, 0.25) is 0 Å². The Morgan fingerprint density at radius 3 is 2.47 bits per heavy atom. The first-order chi connectivity index (χ1) is 6.88. The lowest BCUT2D eigenvalue weighted by Crippen LogP contribution is -2.44. The van der Waals surface area contributed by atoms with E-state index in [1.54, 1.807) is 0 Å². The third-order valence-corrected chi connectivity index (χ3v) is 3.48. The third-order valence-electron chi connectivity index (χ3n) is 2.38. The predicted octanol–water partition coefficient (Wildman–Crippen LogP) is 3.22. The van der Waals surface area contributed by atoms with Gasteiger partial charge in [0, 0.05) is 10.9 Å². The molecule has 1 amide bonds. The predicted molar refractivity (Wildman–Crippen MR) is 64.3 cm³/mol. The van der Waals surface area contributed by atoms with E-state index in [9.17, 15) is 4.79 Å². The van der Waals surface area contributed by atoms with E-state index >= 15 is 0 Å².